The minimum atomic E-state index is -1.24. The van der Waals surface area contributed by atoms with Gasteiger partial charge in [-0.05, 0) is 42.9 Å². The number of amides is 1. The van der Waals surface area contributed by atoms with Gasteiger partial charge < -0.3 is 14.6 Å². The van der Waals surface area contributed by atoms with Gasteiger partial charge in [0.1, 0.15) is 6.61 Å². The SMILES string of the molecule is O=C(O)OCCCCCc1ccccc1NC(=O)OCc1ccccc1. The third-order valence-electron chi connectivity index (χ3n) is 3.78. The number of anilines is 1. The number of benzene rings is 2. The van der Waals surface area contributed by atoms with Gasteiger partial charge in [0.2, 0.25) is 0 Å². The zero-order valence-corrected chi connectivity index (χ0v) is 14.5. The second-order valence-electron chi connectivity index (χ2n) is 5.77. The van der Waals surface area contributed by atoms with Gasteiger partial charge in [-0.25, -0.2) is 9.59 Å². The third kappa shape index (κ3) is 7.25. The highest BCUT2D eigenvalue weighted by Crippen LogP contribution is 2.18. The molecule has 138 valence electrons. The number of carboxylic acid groups (broad SMARTS) is 1. The smallest absolute Gasteiger partial charge is 0.450 e. The Bertz CT molecular complexity index is 702. The van der Waals surface area contributed by atoms with Gasteiger partial charge in [-0.2, -0.15) is 0 Å². The lowest BCUT2D eigenvalue weighted by Gasteiger charge is -2.11. The van der Waals surface area contributed by atoms with Gasteiger partial charge in [0, 0.05) is 5.69 Å². The molecule has 0 unspecified atom stereocenters. The maximum absolute atomic E-state index is 12.0. The fourth-order valence-corrected chi connectivity index (χ4v) is 2.48. The van der Waals surface area contributed by atoms with Crippen molar-refractivity contribution in [2.75, 3.05) is 11.9 Å². The Kier molecular flexibility index (Phi) is 7.99. The van der Waals surface area contributed by atoms with E-state index in [0.717, 1.165) is 36.1 Å². The number of carbonyl (C=O) groups excluding carboxylic acids is 1. The second-order valence-corrected chi connectivity index (χ2v) is 5.77. The first kappa shape index (κ1) is 19.3. The molecule has 0 radical (unpaired) electrons. The van der Waals surface area contributed by atoms with Crippen molar-refractivity contribution in [1.29, 1.82) is 0 Å². The van der Waals surface area contributed by atoms with Gasteiger partial charge in [-0.1, -0.05) is 48.5 Å². The lowest BCUT2D eigenvalue weighted by molar-refractivity contribution is 0.0900. The predicted octanol–water partition coefficient (Wildman–Crippen LogP) is 4.84. The predicted molar refractivity (Wildman–Crippen MR) is 98.2 cm³/mol. The van der Waals surface area contributed by atoms with Crippen LogP contribution in [0.1, 0.15) is 30.4 Å². The number of para-hydroxylation sites is 1. The van der Waals surface area contributed by atoms with E-state index in [1.165, 1.54) is 0 Å². The number of ether oxygens (including phenoxy) is 2. The largest absolute Gasteiger partial charge is 0.505 e. The van der Waals surface area contributed by atoms with E-state index >= 15 is 0 Å². The fraction of sp³-hybridized carbons (Fsp3) is 0.300. The van der Waals surface area contributed by atoms with Gasteiger partial charge in [-0.15, -0.1) is 0 Å². The lowest BCUT2D eigenvalue weighted by Crippen LogP contribution is -2.14. The van der Waals surface area contributed by atoms with Gasteiger partial charge in [-0.3, -0.25) is 5.32 Å². The van der Waals surface area contributed by atoms with Crippen molar-refractivity contribution in [1.82, 2.24) is 0 Å². The highest BCUT2D eigenvalue weighted by atomic mass is 16.7. The van der Waals surface area contributed by atoms with Crippen LogP contribution < -0.4 is 5.32 Å². The van der Waals surface area contributed by atoms with Crippen molar-refractivity contribution in [3.8, 4) is 0 Å². The monoisotopic (exact) mass is 357 g/mol. The molecule has 0 bridgehead atoms. The van der Waals surface area contributed by atoms with Crippen LogP contribution in [0, 0.1) is 0 Å². The summed E-state index contributed by atoms with van der Waals surface area (Å²) >= 11 is 0. The molecular formula is C20H23NO5. The Morgan fingerprint density at radius 2 is 1.62 bits per heavy atom. The van der Waals surface area contributed by atoms with E-state index in [1.807, 2.05) is 54.6 Å². The van der Waals surface area contributed by atoms with Crippen LogP contribution in [0.3, 0.4) is 0 Å². The number of carbonyl (C=O) groups is 2. The molecule has 26 heavy (non-hydrogen) atoms. The standard InChI is InChI=1S/C20H23NO5/c22-19(26-15-16-9-3-1-4-10-16)21-18-13-7-6-12-17(18)11-5-2-8-14-25-20(23)24/h1,3-4,6-7,9-10,12-13H,2,5,8,11,14-15H2,(H,21,22)(H,23,24). The van der Waals surface area contributed by atoms with E-state index in [9.17, 15) is 9.59 Å². The molecule has 0 aliphatic carbocycles. The third-order valence-corrected chi connectivity index (χ3v) is 3.78. The topological polar surface area (TPSA) is 84.9 Å². The average Bonchev–Trinajstić information content (AvgIpc) is 2.65. The summed E-state index contributed by atoms with van der Waals surface area (Å²) in [6.45, 7) is 0.430. The highest BCUT2D eigenvalue weighted by molar-refractivity contribution is 5.85. The van der Waals surface area contributed by atoms with Crippen LogP contribution in [-0.4, -0.2) is 24.0 Å². The molecule has 2 rings (SSSR count). The Labute approximate surface area is 152 Å². The minimum absolute atomic E-state index is 0.209. The number of hydrogen-bond donors (Lipinski definition) is 2. The summed E-state index contributed by atoms with van der Waals surface area (Å²) in [4.78, 5) is 22.3. The Morgan fingerprint density at radius 3 is 2.38 bits per heavy atom. The van der Waals surface area contributed by atoms with Gasteiger partial charge in [0.15, 0.2) is 0 Å². The Balaban J connectivity index is 1.76. The zero-order chi connectivity index (χ0) is 18.6. The van der Waals surface area contributed by atoms with Crippen molar-refractivity contribution >= 4 is 17.9 Å². The second kappa shape index (κ2) is 10.8. The van der Waals surface area contributed by atoms with Crippen LogP contribution in [0.4, 0.5) is 15.3 Å². The lowest BCUT2D eigenvalue weighted by atomic mass is 10.1. The number of aryl methyl sites for hydroxylation is 1. The van der Waals surface area contributed by atoms with E-state index < -0.39 is 12.2 Å². The molecule has 0 aliphatic heterocycles. The molecule has 0 spiro atoms. The van der Waals surface area contributed by atoms with Crippen LogP contribution in [0.25, 0.3) is 0 Å². The molecule has 0 fully saturated rings. The summed E-state index contributed by atoms with van der Waals surface area (Å²) in [5, 5.41) is 11.2. The number of hydrogen-bond acceptors (Lipinski definition) is 4. The van der Waals surface area contributed by atoms with Crippen molar-refractivity contribution in [3.05, 3.63) is 65.7 Å². The summed E-state index contributed by atoms with van der Waals surface area (Å²) < 4.78 is 9.72. The van der Waals surface area contributed by atoms with E-state index in [-0.39, 0.29) is 13.2 Å². The first-order valence-corrected chi connectivity index (χ1v) is 8.56. The first-order chi connectivity index (χ1) is 12.6. The molecule has 0 aliphatic rings. The number of rotatable bonds is 9. The quantitative estimate of drug-likeness (QED) is 0.495. The van der Waals surface area contributed by atoms with Crippen molar-refractivity contribution in [2.24, 2.45) is 0 Å². The molecule has 0 aromatic heterocycles. The number of unbranched alkanes of at least 4 members (excludes halogenated alkanes) is 2. The molecule has 0 heterocycles. The molecular weight excluding hydrogens is 334 g/mol. The Hall–Kier alpha value is -3.02. The Morgan fingerprint density at radius 1 is 0.885 bits per heavy atom. The van der Waals surface area contributed by atoms with Crippen molar-refractivity contribution < 1.29 is 24.2 Å². The molecule has 2 aromatic rings. The molecule has 0 saturated heterocycles. The van der Waals surface area contributed by atoms with E-state index in [0.29, 0.717) is 6.42 Å². The van der Waals surface area contributed by atoms with Gasteiger partial charge in [0.05, 0.1) is 6.61 Å². The van der Waals surface area contributed by atoms with Crippen LogP contribution in [-0.2, 0) is 22.5 Å². The number of nitrogens with one attached hydrogen (secondary N) is 1. The first-order valence-electron chi connectivity index (χ1n) is 8.56. The summed E-state index contributed by atoms with van der Waals surface area (Å²) in [7, 11) is 0. The normalized spacial score (nSPS) is 10.2. The maximum atomic E-state index is 12.0. The maximum Gasteiger partial charge on any atom is 0.505 e. The molecule has 2 aromatic carbocycles. The fourth-order valence-electron chi connectivity index (χ4n) is 2.48. The molecule has 1 amide bonds. The molecule has 2 N–H and O–H groups in total. The van der Waals surface area contributed by atoms with E-state index in [1.54, 1.807) is 0 Å². The minimum Gasteiger partial charge on any atom is -0.450 e. The average molecular weight is 357 g/mol. The van der Waals surface area contributed by atoms with Crippen LogP contribution in [0.5, 0.6) is 0 Å². The van der Waals surface area contributed by atoms with Crippen LogP contribution >= 0.6 is 0 Å². The van der Waals surface area contributed by atoms with Crippen LogP contribution in [0.15, 0.2) is 54.6 Å². The van der Waals surface area contributed by atoms with Crippen LogP contribution in [0.2, 0.25) is 0 Å². The van der Waals surface area contributed by atoms with E-state index in [4.69, 9.17) is 9.84 Å². The zero-order valence-electron chi connectivity index (χ0n) is 14.5. The summed E-state index contributed by atoms with van der Waals surface area (Å²) in [5.74, 6) is 0. The van der Waals surface area contributed by atoms with Crippen molar-refractivity contribution in [3.63, 3.8) is 0 Å². The van der Waals surface area contributed by atoms with Gasteiger partial charge >= 0.3 is 12.2 Å². The van der Waals surface area contributed by atoms with Gasteiger partial charge in [0.25, 0.3) is 0 Å². The molecule has 0 atom stereocenters. The summed E-state index contributed by atoms with van der Waals surface area (Å²) in [6, 6.07) is 17.1. The molecule has 6 nitrogen and oxygen atoms in total. The highest BCUT2D eigenvalue weighted by Gasteiger charge is 2.08. The summed E-state index contributed by atoms with van der Waals surface area (Å²) in [6.07, 6.45) is 1.45. The van der Waals surface area contributed by atoms with Crippen molar-refractivity contribution in [2.45, 2.75) is 32.3 Å². The van der Waals surface area contributed by atoms with E-state index in [2.05, 4.69) is 10.1 Å². The summed E-state index contributed by atoms with van der Waals surface area (Å²) in [5.41, 5.74) is 2.68. The molecule has 0 saturated carbocycles. The molecule has 6 heteroatoms.